The molecule has 7 heteroatoms. The molecule has 0 aliphatic rings. The first kappa shape index (κ1) is 12.8. The van der Waals surface area contributed by atoms with E-state index in [1.165, 1.54) is 17.8 Å². The maximum Gasteiger partial charge on any atom is 0.296 e. The standard InChI is InChI=1S/C9H10ClN3O2S/c1-16-6-2-3-7(12-9(11)5-10)8(4-6)13(14)15/h2-4H,5H2,1H3,(H2,11,12). The van der Waals surface area contributed by atoms with Gasteiger partial charge in [-0.05, 0) is 18.4 Å². The number of nitro groups is 1. The van der Waals surface area contributed by atoms with E-state index in [4.69, 9.17) is 17.3 Å². The summed E-state index contributed by atoms with van der Waals surface area (Å²) in [5.74, 6) is 0.197. The summed E-state index contributed by atoms with van der Waals surface area (Å²) in [6.07, 6.45) is 1.84. The van der Waals surface area contributed by atoms with Gasteiger partial charge in [0.2, 0.25) is 0 Å². The Balaban J connectivity index is 3.23. The second-order valence-electron chi connectivity index (χ2n) is 2.85. The SMILES string of the molecule is CSc1ccc(N=C(N)CCl)c([N+](=O)[O-])c1. The van der Waals surface area contributed by atoms with Crippen LogP contribution in [-0.2, 0) is 0 Å². The van der Waals surface area contributed by atoms with Crippen LogP contribution in [0.25, 0.3) is 0 Å². The maximum absolute atomic E-state index is 10.8. The number of rotatable bonds is 4. The summed E-state index contributed by atoms with van der Waals surface area (Å²) in [5, 5.41) is 10.8. The molecule has 1 rings (SSSR count). The first-order valence-electron chi connectivity index (χ1n) is 4.30. The van der Waals surface area contributed by atoms with Crippen molar-refractivity contribution in [2.45, 2.75) is 4.90 Å². The molecule has 2 N–H and O–H groups in total. The number of hydrogen-bond donors (Lipinski definition) is 1. The zero-order valence-electron chi connectivity index (χ0n) is 8.51. The molecule has 1 aromatic carbocycles. The van der Waals surface area contributed by atoms with Gasteiger partial charge in [-0.2, -0.15) is 0 Å². The summed E-state index contributed by atoms with van der Waals surface area (Å²) >= 11 is 6.89. The molecule has 86 valence electrons. The molecule has 0 aromatic heterocycles. The summed E-state index contributed by atoms with van der Waals surface area (Å²) in [4.78, 5) is 15.0. The highest BCUT2D eigenvalue weighted by molar-refractivity contribution is 7.98. The largest absolute Gasteiger partial charge is 0.386 e. The summed E-state index contributed by atoms with van der Waals surface area (Å²) in [6, 6.07) is 4.77. The first-order chi connectivity index (χ1) is 7.58. The summed E-state index contributed by atoms with van der Waals surface area (Å²) in [7, 11) is 0. The average Bonchev–Trinajstić information content (AvgIpc) is 2.29. The highest BCUT2D eigenvalue weighted by atomic mass is 35.5. The molecule has 0 aliphatic carbocycles. The predicted molar refractivity (Wildman–Crippen MR) is 66.9 cm³/mol. The van der Waals surface area contributed by atoms with E-state index in [0.717, 1.165) is 4.90 Å². The molecular weight excluding hydrogens is 250 g/mol. The van der Waals surface area contributed by atoms with E-state index in [9.17, 15) is 10.1 Å². The molecule has 0 atom stereocenters. The Morgan fingerprint density at radius 2 is 2.38 bits per heavy atom. The molecular formula is C9H10ClN3O2S. The van der Waals surface area contributed by atoms with Gasteiger partial charge in [-0.1, -0.05) is 0 Å². The van der Waals surface area contributed by atoms with Gasteiger partial charge >= 0.3 is 0 Å². The minimum absolute atomic E-state index is 0.0431. The van der Waals surface area contributed by atoms with Crippen LogP contribution in [0, 0.1) is 10.1 Å². The van der Waals surface area contributed by atoms with E-state index in [1.807, 2.05) is 6.26 Å². The van der Waals surface area contributed by atoms with E-state index < -0.39 is 4.92 Å². The molecule has 0 unspecified atom stereocenters. The minimum atomic E-state index is -0.486. The maximum atomic E-state index is 10.8. The molecule has 0 saturated carbocycles. The summed E-state index contributed by atoms with van der Waals surface area (Å²) < 4.78 is 0. The van der Waals surface area contributed by atoms with Crippen molar-refractivity contribution in [3.8, 4) is 0 Å². The van der Waals surface area contributed by atoms with E-state index in [2.05, 4.69) is 4.99 Å². The smallest absolute Gasteiger partial charge is 0.296 e. The minimum Gasteiger partial charge on any atom is -0.386 e. The fraction of sp³-hybridized carbons (Fsp3) is 0.222. The van der Waals surface area contributed by atoms with Crippen LogP contribution in [0.5, 0.6) is 0 Å². The fourth-order valence-electron chi connectivity index (χ4n) is 1.06. The first-order valence-corrected chi connectivity index (χ1v) is 6.06. The monoisotopic (exact) mass is 259 g/mol. The van der Waals surface area contributed by atoms with Crippen LogP contribution < -0.4 is 5.73 Å². The van der Waals surface area contributed by atoms with Crippen molar-refractivity contribution < 1.29 is 4.92 Å². The number of aliphatic imine (C=N–C) groups is 1. The Morgan fingerprint density at radius 3 is 2.88 bits per heavy atom. The molecule has 0 radical (unpaired) electrons. The lowest BCUT2D eigenvalue weighted by atomic mass is 10.3. The van der Waals surface area contributed by atoms with E-state index >= 15 is 0 Å². The number of hydrogen-bond acceptors (Lipinski definition) is 4. The van der Waals surface area contributed by atoms with Crippen LogP contribution in [0.1, 0.15) is 0 Å². The van der Waals surface area contributed by atoms with Gasteiger partial charge in [-0.25, -0.2) is 4.99 Å². The molecule has 0 bridgehead atoms. The second-order valence-corrected chi connectivity index (χ2v) is 4.00. The van der Waals surface area contributed by atoms with Crippen molar-refractivity contribution >= 4 is 40.6 Å². The third kappa shape index (κ3) is 3.11. The van der Waals surface area contributed by atoms with Crippen LogP contribution in [-0.4, -0.2) is 22.9 Å². The number of nitrogens with two attached hydrogens (primary N) is 1. The van der Waals surface area contributed by atoms with Crippen molar-refractivity contribution in [1.82, 2.24) is 0 Å². The highest BCUT2D eigenvalue weighted by Gasteiger charge is 2.14. The zero-order chi connectivity index (χ0) is 12.1. The van der Waals surface area contributed by atoms with Crippen molar-refractivity contribution in [1.29, 1.82) is 0 Å². The van der Waals surface area contributed by atoms with Crippen molar-refractivity contribution in [2.24, 2.45) is 10.7 Å². The molecule has 0 spiro atoms. The Bertz CT molecular complexity index is 437. The van der Waals surface area contributed by atoms with Gasteiger partial charge in [0.1, 0.15) is 11.5 Å². The van der Waals surface area contributed by atoms with Crippen molar-refractivity contribution in [3.05, 3.63) is 28.3 Å². The zero-order valence-corrected chi connectivity index (χ0v) is 10.1. The normalized spacial score (nSPS) is 11.5. The van der Waals surface area contributed by atoms with Gasteiger partial charge in [0.25, 0.3) is 5.69 Å². The number of nitro benzene ring substituents is 1. The lowest BCUT2D eigenvalue weighted by molar-refractivity contribution is -0.384. The molecule has 1 aromatic rings. The van der Waals surface area contributed by atoms with Gasteiger partial charge in [0.15, 0.2) is 0 Å². The number of benzene rings is 1. The van der Waals surface area contributed by atoms with Gasteiger partial charge in [-0.15, -0.1) is 23.4 Å². The Kier molecular flexibility index (Phi) is 4.57. The number of thioether (sulfide) groups is 1. The van der Waals surface area contributed by atoms with Gasteiger partial charge in [-0.3, -0.25) is 10.1 Å². The molecule has 5 nitrogen and oxygen atoms in total. The van der Waals surface area contributed by atoms with E-state index in [0.29, 0.717) is 0 Å². The quantitative estimate of drug-likeness (QED) is 0.225. The Hall–Kier alpha value is -1.27. The van der Waals surface area contributed by atoms with Crippen molar-refractivity contribution in [2.75, 3.05) is 12.1 Å². The van der Waals surface area contributed by atoms with E-state index in [-0.39, 0.29) is 23.1 Å². The lowest BCUT2D eigenvalue weighted by Gasteiger charge is -2.01. The summed E-state index contributed by atoms with van der Waals surface area (Å²) in [6.45, 7) is 0. The molecule has 0 fully saturated rings. The number of alkyl halides is 1. The van der Waals surface area contributed by atoms with Crippen molar-refractivity contribution in [3.63, 3.8) is 0 Å². The second kappa shape index (κ2) is 5.72. The van der Waals surface area contributed by atoms with Crippen LogP contribution >= 0.6 is 23.4 Å². The third-order valence-corrected chi connectivity index (χ3v) is 2.78. The number of nitrogens with zero attached hydrogens (tertiary/aromatic N) is 2. The van der Waals surface area contributed by atoms with Gasteiger partial charge < -0.3 is 5.73 Å². The Labute approximate surface area is 102 Å². The molecule has 0 saturated heterocycles. The third-order valence-electron chi connectivity index (χ3n) is 1.78. The number of amidine groups is 1. The molecule has 0 heterocycles. The average molecular weight is 260 g/mol. The number of halogens is 1. The topological polar surface area (TPSA) is 81.5 Å². The molecule has 16 heavy (non-hydrogen) atoms. The Morgan fingerprint density at radius 1 is 1.69 bits per heavy atom. The predicted octanol–water partition coefficient (Wildman–Crippen LogP) is 2.54. The van der Waals surface area contributed by atoms with E-state index in [1.54, 1.807) is 12.1 Å². The lowest BCUT2D eigenvalue weighted by Crippen LogP contribution is -2.12. The molecule has 0 aliphatic heterocycles. The summed E-state index contributed by atoms with van der Waals surface area (Å²) in [5.41, 5.74) is 5.59. The highest BCUT2D eigenvalue weighted by Crippen LogP contribution is 2.31. The van der Waals surface area contributed by atoms with Crippen LogP contribution in [0.15, 0.2) is 28.1 Å². The van der Waals surface area contributed by atoms with Gasteiger partial charge in [0.05, 0.1) is 10.8 Å². The fourth-order valence-corrected chi connectivity index (χ4v) is 1.55. The van der Waals surface area contributed by atoms with Crippen LogP contribution in [0.3, 0.4) is 0 Å². The van der Waals surface area contributed by atoms with Crippen LogP contribution in [0.4, 0.5) is 11.4 Å². The van der Waals surface area contributed by atoms with Crippen LogP contribution in [0.2, 0.25) is 0 Å². The van der Waals surface area contributed by atoms with Gasteiger partial charge in [0, 0.05) is 11.0 Å². The molecule has 0 amide bonds.